The van der Waals surface area contributed by atoms with Crippen molar-refractivity contribution in [1.29, 1.82) is 0 Å². The van der Waals surface area contributed by atoms with Crippen molar-refractivity contribution in [2.24, 2.45) is 0 Å². The summed E-state index contributed by atoms with van der Waals surface area (Å²) >= 11 is 0. The second-order valence-electron chi connectivity index (χ2n) is 2.71. The first-order valence-corrected chi connectivity index (χ1v) is 7.20. The summed E-state index contributed by atoms with van der Waals surface area (Å²) in [5, 5.41) is 0. The van der Waals surface area contributed by atoms with Gasteiger partial charge in [0.15, 0.2) is 9.04 Å². The Hall–Kier alpha value is -0.646. The highest BCUT2D eigenvalue weighted by Gasteiger charge is 1.92. The van der Waals surface area contributed by atoms with Gasteiger partial charge in [0.2, 0.25) is 0 Å². The zero-order chi connectivity index (χ0) is 8.81. The Labute approximate surface area is 78.3 Å². The number of hydrogen-bond donors (Lipinski definition) is 0. The Morgan fingerprint density at radius 1 is 1.33 bits per heavy atom. The van der Waals surface area contributed by atoms with Crippen LogP contribution in [0.5, 0.6) is 0 Å². The van der Waals surface area contributed by atoms with Crippen molar-refractivity contribution in [2.75, 3.05) is 0 Å². The molecule has 12 heavy (non-hydrogen) atoms. The highest BCUT2D eigenvalue weighted by Crippen LogP contribution is 2.01. The topological polar surface area (TPSA) is 9.23 Å². The van der Waals surface area contributed by atoms with Crippen LogP contribution in [-0.4, -0.2) is 19.5 Å². The van der Waals surface area contributed by atoms with Gasteiger partial charge in [0.1, 0.15) is 10.5 Å². The van der Waals surface area contributed by atoms with Gasteiger partial charge in [-0.05, 0) is 12.1 Å². The Balaban J connectivity index is 2.58. The fourth-order valence-corrected chi connectivity index (χ4v) is 2.01. The first-order valence-electron chi connectivity index (χ1n) is 4.09. The molecule has 0 saturated heterocycles. The van der Waals surface area contributed by atoms with Crippen molar-refractivity contribution in [3.8, 4) is 0 Å². The Morgan fingerprint density at radius 2 is 2.00 bits per heavy atom. The minimum absolute atomic E-state index is 0.860. The van der Waals surface area contributed by atoms with Crippen LogP contribution in [0.25, 0.3) is 6.08 Å². The van der Waals surface area contributed by atoms with E-state index in [9.17, 15) is 0 Å². The van der Waals surface area contributed by atoms with Gasteiger partial charge in [-0.2, -0.15) is 0 Å². The van der Waals surface area contributed by atoms with E-state index in [1.165, 1.54) is 5.56 Å². The lowest BCUT2D eigenvalue weighted by Crippen LogP contribution is -2.06. The van der Waals surface area contributed by atoms with Crippen LogP contribution in [0, 0.1) is 0 Å². The zero-order valence-corrected chi connectivity index (χ0v) is 10.7. The lowest BCUT2D eigenvalue weighted by Gasteiger charge is -1.99. The van der Waals surface area contributed by atoms with E-state index in [0.717, 1.165) is 10.5 Å². The molecular weight excluding hydrogens is 180 g/mol. The first-order chi connectivity index (χ1) is 5.83. The van der Waals surface area contributed by atoms with Gasteiger partial charge in [-0.25, -0.2) is 0 Å². The van der Waals surface area contributed by atoms with Crippen LogP contribution in [0.4, 0.5) is 0 Å². The molecule has 1 aromatic rings. The maximum atomic E-state index is 5.36. The van der Waals surface area contributed by atoms with Crippen LogP contribution in [0.3, 0.4) is 0 Å². The summed E-state index contributed by atoms with van der Waals surface area (Å²) in [6.07, 6.45) is 2.15. The SMILES string of the molecule is C[SiH](C=Cc1ccccc1)O[SiH3]. The van der Waals surface area contributed by atoms with Crippen molar-refractivity contribution in [1.82, 2.24) is 0 Å². The van der Waals surface area contributed by atoms with Gasteiger partial charge in [0.25, 0.3) is 0 Å². The molecular formula is C9H14OSi2. The van der Waals surface area contributed by atoms with E-state index in [-0.39, 0.29) is 0 Å². The molecule has 0 aliphatic heterocycles. The number of benzene rings is 1. The van der Waals surface area contributed by atoms with E-state index in [2.05, 4.69) is 30.5 Å². The molecule has 1 unspecified atom stereocenters. The zero-order valence-electron chi connectivity index (χ0n) is 7.53. The summed E-state index contributed by atoms with van der Waals surface area (Å²) in [5.74, 6) is 0. The molecule has 64 valence electrons. The molecule has 0 aliphatic rings. The second kappa shape index (κ2) is 5.08. The van der Waals surface area contributed by atoms with Crippen molar-refractivity contribution in [2.45, 2.75) is 6.55 Å². The van der Waals surface area contributed by atoms with Crippen molar-refractivity contribution >= 4 is 25.6 Å². The number of hydrogen-bond acceptors (Lipinski definition) is 1. The third kappa shape index (κ3) is 3.17. The van der Waals surface area contributed by atoms with Gasteiger partial charge >= 0.3 is 0 Å². The van der Waals surface area contributed by atoms with Crippen LogP contribution in [0.1, 0.15) is 5.56 Å². The van der Waals surface area contributed by atoms with E-state index in [0.29, 0.717) is 0 Å². The predicted molar refractivity (Wildman–Crippen MR) is 59.5 cm³/mol. The molecule has 0 N–H and O–H groups in total. The maximum absolute atomic E-state index is 5.36. The largest absolute Gasteiger partial charge is 0.463 e. The fourth-order valence-electron chi connectivity index (χ4n) is 0.889. The van der Waals surface area contributed by atoms with Gasteiger partial charge in [0, 0.05) is 0 Å². The summed E-state index contributed by atoms with van der Waals surface area (Å²) in [4.78, 5) is 0. The third-order valence-corrected chi connectivity index (χ3v) is 5.44. The normalized spacial score (nSPS) is 13.8. The van der Waals surface area contributed by atoms with E-state index in [1.54, 1.807) is 0 Å². The van der Waals surface area contributed by atoms with Crippen LogP contribution < -0.4 is 0 Å². The molecule has 0 aliphatic carbocycles. The molecule has 1 rings (SSSR count). The summed E-state index contributed by atoms with van der Waals surface area (Å²) in [5.41, 5.74) is 3.47. The van der Waals surface area contributed by atoms with E-state index in [4.69, 9.17) is 4.12 Å². The minimum Gasteiger partial charge on any atom is -0.463 e. The van der Waals surface area contributed by atoms with E-state index >= 15 is 0 Å². The molecule has 1 nitrogen and oxygen atoms in total. The molecule has 1 aromatic carbocycles. The summed E-state index contributed by atoms with van der Waals surface area (Å²) in [6, 6.07) is 10.3. The lowest BCUT2D eigenvalue weighted by atomic mass is 10.2. The Bertz CT molecular complexity index is 246. The van der Waals surface area contributed by atoms with Crippen LogP contribution in [-0.2, 0) is 4.12 Å². The molecule has 0 bridgehead atoms. The third-order valence-electron chi connectivity index (χ3n) is 1.73. The van der Waals surface area contributed by atoms with Gasteiger partial charge in [0.05, 0.1) is 0 Å². The van der Waals surface area contributed by atoms with Crippen LogP contribution >= 0.6 is 0 Å². The van der Waals surface area contributed by atoms with Gasteiger partial charge in [-0.15, -0.1) is 0 Å². The molecule has 0 aromatic heterocycles. The molecule has 3 heteroatoms. The summed E-state index contributed by atoms with van der Waals surface area (Å²) in [6.45, 7) is 2.19. The molecule has 0 fully saturated rings. The molecule has 0 saturated carbocycles. The molecule has 1 atom stereocenters. The average molecular weight is 194 g/mol. The molecule has 0 amide bonds. The smallest absolute Gasteiger partial charge is 0.184 e. The summed E-state index contributed by atoms with van der Waals surface area (Å²) < 4.78 is 5.36. The van der Waals surface area contributed by atoms with Crippen LogP contribution in [0.2, 0.25) is 6.55 Å². The lowest BCUT2D eigenvalue weighted by molar-refractivity contribution is 0.654. The monoisotopic (exact) mass is 194 g/mol. The molecule has 0 spiro atoms. The van der Waals surface area contributed by atoms with Crippen molar-refractivity contribution in [3.05, 3.63) is 41.6 Å². The maximum Gasteiger partial charge on any atom is 0.184 e. The van der Waals surface area contributed by atoms with Crippen LogP contribution in [0.15, 0.2) is 36.0 Å². The highest BCUT2D eigenvalue weighted by atomic mass is 28.3. The predicted octanol–water partition coefficient (Wildman–Crippen LogP) is 0.890. The van der Waals surface area contributed by atoms with Gasteiger partial charge in [-0.3, -0.25) is 0 Å². The second-order valence-corrected chi connectivity index (χ2v) is 6.39. The van der Waals surface area contributed by atoms with E-state index in [1.807, 2.05) is 18.2 Å². The number of rotatable bonds is 3. The summed E-state index contributed by atoms with van der Waals surface area (Å²) in [7, 11) is -0.110. The van der Waals surface area contributed by atoms with E-state index < -0.39 is 9.04 Å². The first kappa shape index (κ1) is 9.44. The fraction of sp³-hybridized carbons (Fsp3) is 0.111. The highest BCUT2D eigenvalue weighted by molar-refractivity contribution is 6.60. The van der Waals surface area contributed by atoms with Crippen molar-refractivity contribution < 1.29 is 4.12 Å². The van der Waals surface area contributed by atoms with Gasteiger partial charge in [-0.1, -0.05) is 42.1 Å². The molecule has 0 radical (unpaired) electrons. The molecule has 0 heterocycles. The van der Waals surface area contributed by atoms with Gasteiger partial charge < -0.3 is 4.12 Å². The quantitative estimate of drug-likeness (QED) is 0.649. The minimum atomic E-state index is -0.970. The standard InChI is InChI=1S/C9H14OSi2/c1-12(10-11)8-7-9-5-3-2-4-6-9/h2-8,12H,1,11H3. The Kier molecular flexibility index (Phi) is 4.00. The Morgan fingerprint density at radius 3 is 2.58 bits per heavy atom. The average Bonchev–Trinajstić information content (AvgIpc) is 2.16. The van der Waals surface area contributed by atoms with Crippen molar-refractivity contribution in [3.63, 3.8) is 0 Å².